The molecule has 2 rings (SSSR count). The van der Waals surface area contributed by atoms with Crippen LogP contribution >= 0.6 is 22.9 Å². The largest absolute Gasteiger partial charge is 0.508 e. The Labute approximate surface area is 83.4 Å². The molecule has 0 saturated heterocycles. The van der Waals surface area contributed by atoms with E-state index in [4.69, 9.17) is 11.6 Å². The van der Waals surface area contributed by atoms with Crippen molar-refractivity contribution < 1.29 is 9.90 Å². The Morgan fingerprint density at radius 3 is 2.92 bits per heavy atom. The summed E-state index contributed by atoms with van der Waals surface area (Å²) in [7, 11) is 0. The van der Waals surface area contributed by atoms with Crippen LogP contribution in [0.3, 0.4) is 0 Å². The molecule has 1 aromatic carbocycles. The highest BCUT2D eigenvalue weighted by Gasteiger charge is 2.09. The molecule has 0 saturated carbocycles. The van der Waals surface area contributed by atoms with Crippen LogP contribution in [0.25, 0.3) is 10.1 Å². The number of aromatic hydroxyl groups is 1. The molecule has 0 fully saturated rings. The van der Waals surface area contributed by atoms with E-state index < -0.39 is 0 Å². The molecule has 2 nitrogen and oxygen atoms in total. The molecule has 1 aromatic heterocycles. The summed E-state index contributed by atoms with van der Waals surface area (Å²) in [5.74, 6) is 0.144. The quantitative estimate of drug-likeness (QED) is 0.738. The number of hydrogen-bond donors (Lipinski definition) is 1. The van der Waals surface area contributed by atoms with Crippen molar-refractivity contribution in [3.63, 3.8) is 0 Å². The van der Waals surface area contributed by atoms with E-state index in [2.05, 4.69) is 0 Å². The molecule has 0 bridgehead atoms. The van der Waals surface area contributed by atoms with Gasteiger partial charge in [0.05, 0.1) is 5.56 Å². The SMILES string of the molecule is O=Cc1c(Cl)sc2ccc(O)cc12. The molecule has 0 unspecified atom stereocenters. The zero-order valence-electron chi connectivity index (χ0n) is 6.45. The number of phenolic OH excluding ortho intramolecular Hbond substituents is 1. The summed E-state index contributed by atoms with van der Waals surface area (Å²) in [5, 5.41) is 9.92. The molecule has 0 radical (unpaired) electrons. The molecule has 0 amide bonds. The van der Waals surface area contributed by atoms with E-state index in [9.17, 15) is 9.90 Å². The van der Waals surface area contributed by atoms with Crippen LogP contribution in [-0.2, 0) is 0 Å². The van der Waals surface area contributed by atoms with Crippen molar-refractivity contribution in [2.24, 2.45) is 0 Å². The number of carbonyl (C=O) groups excluding carboxylic acids is 1. The number of fused-ring (bicyclic) bond motifs is 1. The molecule has 13 heavy (non-hydrogen) atoms. The van der Waals surface area contributed by atoms with Gasteiger partial charge in [-0.05, 0) is 18.2 Å². The van der Waals surface area contributed by atoms with E-state index in [1.807, 2.05) is 0 Å². The standard InChI is InChI=1S/C9H5ClO2S/c10-9-7(4-11)6-3-5(12)1-2-8(6)13-9/h1-4,12H. The van der Waals surface area contributed by atoms with Crippen LogP contribution in [-0.4, -0.2) is 11.4 Å². The minimum atomic E-state index is 0.144. The second kappa shape index (κ2) is 3.01. The molecular formula is C9H5ClO2S. The van der Waals surface area contributed by atoms with Crippen LogP contribution in [0.1, 0.15) is 10.4 Å². The van der Waals surface area contributed by atoms with E-state index in [0.717, 1.165) is 4.70 Å². The predicted octanol–water partition coefficient (Wildman–Crippen LogP) is 3.07. The molecule has 4 heteroatoms. The van der Waals surface area contributed by atoms with Crippen LogP contribution in [0.15, 0.2) is 18.2 Å². The molecule has 0 aliphatic heterocycles. The van der Waals surface area contributed by atoms with Gasteiger partial charge in [0.2, 0.25) is 0 Å². The lowest BCUT2D eigenvalue weighted by Gasteiger charge is -1.91. The fourth-order valence-corrected chi connectivity index (χ4v) is 2.46. The third-order valence-electron chi connectivity index (χ3n) is 1.78. The van der Waals surface area contributed by atoms with Gasteiger partial charge in [-0.15, -0.1) is 11.3 Å². The first-order chi connectivity index (χ1) is 6.22. The number of phenols is 1. The summed E-state index contributed by atoms with van der Waals surface area (Å²) in [6.45, 7) is 0. The maximum atomic E-state index is 10.7. The third kappa shape index (κ3) is 1.30. The lowest BCUT2D eigenvalue weighted by Crippen LogP contribution is -1.75. The van der Waals surface area contributed by atoms with Crippen molar-refractivity contribution in [1.82, 2.24) is 0 Å². The Bertz CT molecular complexity index is 476. The van der Waals surface area contributed by atoms with Crippen LogP contribution < -0.4 is 0 Å². The van der Waals surface area contributed by atoms with Gasteiger partial charge in [-0.1, -0.05) is 11.6 Å². The summed E-state index contributed by atoms with van der Waals surface area (Å²) in [6.07, 6.45) is 0.709. The molecule has 0 spiro atoms. The molecule has 1 heterocycles. The van der Waals surface area contributed by atoms with Crippen LogP contribution in [0.5, 0.6) is 5.75 Å². The van der Waals surface area contributed by atoms with Gasteiger partial charge < -0.3 is 5.11 Å². The van der Waals surface area contributed by atoms with E-state index in [0.29, 0.717) is 21.6 Å². The highest BCUT2D eigenvalue weighted by atomic mass is 35.5. The first-order valence-electron chi connectivity index (χ1n) is 3.58. The minimum absolute atomic E-state index is 0.144. The van der Waals surface area contributed by atoms with Crippen molar-refractivity contribution in [2.45, 2.75) is 0 Å². The van der Waals surface area contributed by atoms with Crippen LogP contribution in [0.4, 0.5) is 0 Å². The van der Waals surface area contributed by atoms with Gasteiger partial charge in [-0.2, -0.15) is 0 Å². The van der Waals surface area contributed by atoms with Crippen molar-refractivity contribution in [3.8, 4) is 5.75 Å². The molecule has 0 atom stereocenters. The van der Waals surface area contributed by atoms with E-state index in [1.54, 1.807) is 18.2 Å². The van der Waals surface area contributed by atoms with E-state index >= 15 is 0 Å². The van der Waals surface area contributed by atoms with Gasteiger partial charge in [-0.25, -0.2) is 0 Å². The summed E-state index contributed by atoms with van der Waals surface area (Å²) in [6, 6.07) is 4.86. The van der Waals surface area contributed by atoms with Crippen LogP contribution in [0.2, 0.25) is 4.34 Å². The topological polar surface area (TPSA) is 37.3 Å². The average Bonchev–Trinajstić information content (AvgIpc) is 2.40. The smallest absolute Gasteiger partial charge is 0.153 e. The van der Waals surface area contributed by atoms with Gasteiger partial charge >= 0.3 is 0 Å². The zero-order valence-corrected chi connectivity index (χ0v) is 8.02. The maximum Gasteiger partial charge on any atom is 0.153 e. The second-order valence-electron chi connectivity index (χ2n) is 2.59. The first-order valence-corrected chi connectivity index (χ1v) is 4.78. The van der Waals surface area contributed by atoms with Gasteiger partial charge in [0.25, 0.3) is 0 Å². The van der Waals surface area contributed by atoms with E-state index in [1.165, 1.54) is 11.3 Å². The molecule has 66 valence electrons. The van der Waals surface area contributed by atoms with Crippen LogP contribution in [0, 0.1) is 0 Å². The third-order valence-corrected chi connectivity index (χ3v) is 3.19. The Hall–Kier alpha value is -1.06. The molecular weight excluding hydrogens is 208 g/mol. The molecule has 0 aliphatic rings. The lowest BCUT2D eigenvalue weighted by atomic mass is 10.2. The number of carbonyl (C=O) groups is 1. The van der Waals surface area contributed by atoms with Gasteiger partial charge in [-0.3, -0.25) is 4.79 Å². The predicted molar refractivity (Wildman–Crippen MR) is 53.9 cm³/mol. The number of halogens is 1. The summed E-state index contributed by atoms with van der Waals surface area (Å²) in [4.78, 5) is 10.7. The summed E-state index contributed by atoms with van der Waals surface area (Å²) in [5.41, 5.74) is 0.456. The monoisotopic (exact) mass is 212 g/mol. The number of benzene rings is 1. The normalized spacial score (nSPS) is 10.5. The highest BCUT2D eigenvalue weighted by Crippen LogP contribution is 2.35. The lowest BCUT2D eigenvalue weighted by molar-refractivity contribution is 0.112. The zero-order chi connectivity index (χ0) is 9.42. The first kappa shape index (κ1) is 8.53. The maximum absolute atomic E-state index is 10.7. The van der Waals surface area contributed by atoms with Crippen molar-refractivity contribution in [3.05, 3.63) is 28.1 Å². The van der Waals surface area contributed by atoms with Gasteiger partial charge in [0.15, 0.2) is 6.29 Å². The Morgan fingerprint density at radius 1 is 1.46 bits per heavy atom. The summed E-state index contributed by atoms with van der Waals surface area (Å²) >= 11 is 7.16. The Kier molecular flexibility index (Phi) is 1.98. The number of rotatable bonds is 1. The number of aldehydes is 1. The number of thiophene rings is 1. The van der Waals surface area contributed by atoms with Crippen molar-refractivity contribution >= 4 is 39.3 Å². The van der Waals surface area contributed by atoms with Crippen molar-refractivity contribution in [1.29, 1.82) is 0 Å². The molecule has 1 N–H and O–H groups in total. The minimum Gasteiger partial charge on any atom is -0.508 e. The number of hydrogen-bond acceptors (Lipinski definition) is 3. The van der Waals surface area contributed by atoms with Gasteiger partial charge in [0.1, 0.15) is 10.1 Å². The van der Waals surface area contributed by atoms with Crippen molar-refractivity contribution in [2.75, 3.05) is 0 Å². The van der Waals surface area contributed by atoms with Gasteiger partial charge in [0, 0.05) is 10.1 Å². The average molecular weight is 213 g/mol. The molecule has 0 aliphatic carbocycles. The Balaban J connectivity index is 2.88. The Morgan fingerprint density at radius 2 is 2.23 bits per heavy atom. The highest BCUT2D eigenvalue weighted by molar-refractivity contribution is 7.23. The summed E-state index contributed by atoms with van der Waals surface area (Å²) < 4.78 is 1.38. The molecule has 2 aromatic rings. The fourth-order valence-electron chi connectivity index (χ4n) is 1.18. The second-order valence-corrected chi connectivity index (χ2v) is 4.24. The van der Waals surface area contributed by atoms with E-state index in [-0.39, 0.29) is 5.75 Å². The fraction of sp³-hybridized carbons (Fsp3) is 0.